The lowest BCUT2D eigenvalue weighted by molar-refractivity contribution is 0.0595. The maximum Gasteiger partial charge on any atom is 0.342 e. The van der Waals surface area contributed by atoms with Gasteiger partial charge in [0.15, 0.2) is 23.1 Å². The van der Waals surface area contributed by atoms with E-state index in [-0.39, 0.29) is 28.0 Å². The third kappa shape index (κ3) is 1.81. The van der Waals surface area contributed by atoms with Crippen LogP contribution in [0.25, 0.3) is 0 Å². The number of hydrogen-bond acceptors (Lipinski definition) is 7. The Morgan fingerprint density at radius 2 is 1.62 bits per heavy atom. The molecule has 0 radical (unpaired) electrons. The number of carbonyl (C=O) groups excluding carboxylic acids is 3. The number of esters is 1. The second-order valence-corrected chi connectivity index (χ2v) is 5.30. The largest absolute Gasteiger partial charge is 0.507 e. The minimum absolute atomic E-state index is 0.0144. The summed E-state index contributed by atoms with van der Waals surface area (Å²) >= 11 is 0. The molecule has 1 aliphatic carbocycles. The van der Waals surface area contributed by atoms with Crippen molar-refractivity contribution in [2.24, 2.45) is 0 Å². The van der Waals surface area contributed by atoms with Crippen molar-refractivity contribution in [3.05, 3.63) is 51.6 Å². The van der Waals surface area contributed by atoms with E-state index in [4.69, 9.17) is 0 Å². The second kappa shape index (κ2) is 5.09. The molecule has 0 unspecified atom stereocenters. The summed E-state index contributed by atoms with van der Waals surface area (Å²) in [7, 11) is 1.08. The van der Waals surface area contributed by atoms with Gasteiger partial charge >= 0.3 is 5.97 Å². The quantitative estimate of drug-likeness (QED) is 0.459. The first-order valence-electron chi connectivity index (χ1n) is 6.89. The average molecular weight is 328 g/mol. The molecule has 3 N–H and O–H groups in total. The topological polar surface area (TPSA) is 121 Å². The summed E-state index contributed by atoms with van der Waals surface area (Å²) < 4.78 is 4.54. The molecule has 2 aromatic carbocycles. The molecule has 0 spiro atoms. The van der Waals surface area contributed by atoms with E-state index in [2.05, 4.69) is 4.74 Å². The van der Waals surface area contributed by atoms with Crippen LogP contribution in [0.5, 0.6) is 17.2 Å². The number of carbonyl (C=O) groups is 3. The van der Waals surface area contributed by atoms with Crippen LogP contribution in [0.3, 0.4) is 0 Å². The number of aromatic hydroxyl groups is 3. The number of hydrogen-bond donors (Lipinski definition) is 3. The van der Waals surface area contributed by atoms with Crippen LogP contribution in [0, 0.1) is 6.92 Å². The van der Waals surface area contributed by atoms with Crippen LogP contribution in [-0.2, 0) is 4.74 Å². The lowest BCUT2D eigenvalue weighted by Gasteiger charge is -2.23. The molecule has 0 amide bonds. The molecule has 0 saturated carbocycles. The summed E-state index contributed by atoms with van der Waals surface area (Å²) in [5.74, 6) is -4.51. The van der Waals surface area contributed by atoms with Gasteiger partial charge < -0.3 is 20.1 Å². The molecule has 3 rings (SSSR count). The van der Waals surface area contributed by atoms with Crippen LogP contribution in [0.4, 0.5) is 0 Å². The lowest BCUT2D eigenvalue weighted by Crippen LogP contribution is -2.24. The van der Waals surface area contributed by atoms with Crippen molar-refractivity contribution in [3.8, 4) is 17.2 Å². The Hall–Kier alpha value is -3.35. The highest BCUT2D eigenvalue weighted by Crippen LogP contribution is 2.44. The van der Waals surface area contributed by atoms with Crippen LogP contribution in [0.15, 0.2) is 18.2 Å². The van der Waals surface area contributed by atoms with Gasteiger partial charge in [0, 0.05) is 11.1 Å². The molecule has 0 heterocycles. The molecule has 122 valence electrons. The number of ketones is 2. The maximum absolute atomic E-state index is 12.8. The molecule has 0 fully saturated rings. The van der Waals surface area contributed by atoms with Crippen LogP contribution in [0.2, 0.25) is 0 Å². The fourth-order valence-corrected chi connectivity index (χ4v) is 2.93. The predicted octanol–water partition coefficient (Wildman–Crippen LogP) is 1.67. The number of benzene rings is 2. The van der Waals surface area contributed by atoms with E-state index in [9.17, 15) is 29.7 Å². The zero-order chi connectivity index (χ0) is 17.8. The molecule has 7 nitrogen and oxygen atoms in total. The first kappa shape index (κ1) is 15.5. The summed E-state index contributed by atoms with van der Waals surface area (Å²) in [6, 6.07) is 3.97. The molecule has 0 aliphatic heterocycles. The Labute approximate surface area is 135 Å². The van der Waals surface area contributed by atoms with E-state index in [0.717, 1.165) is 7.11 Å². The fourth-order valence-electron chi connectivity index (χ4n) is 2.93. The molecule has 1 aliphatic rings. The predicted molar refractivity (Wildman–Crippen MR) is 80.8 cm³/mol. The zero-order valence-corrected chi connectivity index (χ0v) is 12.7. The normalized spacial score (nSPS) is 12.6. The number of fused-ring (bicyclic) bond motifs is 2. The van der Waals surface area contributed by atoms with Crippen molar-refractivity contribution >= 4 is 17.5 Å². The van der Waals surface area contributed by atoms with Crippen molar-refractivity contribution in [1.29, 1.82) is 0 Å². The molecule has 7 heteroatoms. The smallest absolute Gasteiger partial charge is 0.342 e. The Morgan fingerprint density at radius 3 is 2.25 bits per heavy atom. The van der Waals surface area contributed by atoms with Gasteiger partial charge in [0.2, 0.25) is 0 Å². The van der Waals surface area contributed by atoms with Crippen molar-refractivity contribution in [1.82, 2.24) is 0 Å². The third-order valence-electron chi connectivity index (χ3n) is 4.06. The van der Waals surface area contributed by atoms with Gasteiger partial charge in [0.1, 0.15) is 11.3 Å². The summed E-state index contributed by atoms with van der Waals surface area (Å²) in [6.07, 6.45) is 0. The summed E-state index contributed by atoms with van der Waals surface area (Å²) in [5, 5.41) is 30.2. The Balaban J connectivity index is 2.44. The van der Waals surface area contributed by atoms with Gasteiger partial charge in [0.25, 0.3) is 0 Å². The molecule has 0 atom stereocenters. The molecule has 0 aromatic heterocycles. The Kier molecular flexibility index (Phi) is 3.30. The van der Waals surface area contributed by atoms with E-state index in [1.165, 1.54) is 25.1 Å². The molecule has 24 heavy (non-hydrogen) atoms. The lowest BCUT2D eigenvalue weighted by atomic mass is 9.79. The summed E-state index contributed by atoms with van der Waals surface area (Å²) in [4.78, 5) is 37.3. The third-order valence-corrected chi connectivity index (χ3v) is 4.06. The number of phenolic OH excluding ortho intramolecular Hbond substituents is 3. The number of rotatable bonds is 1. The van der Waals surface area contributed by atoms with Crippen molar-refractivity contribution < 1.29 is 34.4 Å². The van der Waals surface area contributed by atoms with E-state index >= 15 is 0 Å². The molecule has 2 aromatic rings. The highest BCUT2D eigenvalue weighted by atomic mass is 16.5. The van der Waals surface area contributed by atoms with Crippen molar-refractivity contribution in [2.75, 3.05) is 7.11 Å². The van der Waals surface area contributed by atoms with Crippen LogP contribution in [0.1, 0.15) is 47.8 Å². The molecular formula is C17H12O7. The Morgan fingerprint density at radius 1 is 0.958 bits per heavy atom. The fraction of sp³-hybridized carbons (Fsp3) is 0.118. The van der Waals surface area contributed by atoms with Crippen molar-refractivity contribution in [3.63, 3.8) is 0 Å². The van der Waals surface area contributed by atoms with Gasteiger partial charge in [-0.05, 0) is 18.6 Å². The maximum atomic E-state index is 12.8. The number of methoxy groups -OCH3 is 1. The monoisotopic (exact) mass is 328 g/mol. The minimum Gasteiger partial charge on any atom is -0.507 e. The van der Waals surface area contributed by atoms with E-state index in [0.29, 0.717) is 0 Å². The van der Waals surface area contributed by atoms with E-state index in [1.54, 1.807) is 0 Å². The second-order valence-electron chi connectivity index (χ2n) is 5.30. The standard InChI is InChI=1S/C17H12O7/c1-6-9-12(16(22)15(21)10(6)17(23)24-2)13(19)7-4-3-5-8(18)11(7)14(9)20/h3-5,18,21-22H,1-2H3. The average Bonchev–Trinajstić information content (AvgIpc) is 2.55. The van der Waals surface area contributed by atoms with Crippen LogP contribution < -0.4 is 0 Å². The molecule has 0 saturated heterocycles. The molecular weight excluding hydrogens is 316 g/mol. The summed E-state index contributed by atoms with van der Waals surface area (Å²) in [6.45, 7) is 1.35. The van der Waals surface area contributed by atoms with Gasteiger partial charge in [-0.2, -0.15) is 0 Å². The zero-order valence-electron chi connectivity index (χ0n) is 12.7. The van der Waals surface area contributed by atoms with Gasteiger partial charge in [-0.1, -0.05) is 12.1 Å². The highest BCUT2D eigenvalue weighted by molar-refractivity contribution is 6.31. The van der Waals surface area contributed by atoms with Gasteiger partial charge in [-0.25, -0.2) is 4.79 Å². The van der Waals surface area contributed by atoms with Gasteiger partial charge in [-0.15, -0.1) is 0 Å². The molecule has 0 bridgehead atoms. The van der Waals surface area contributed by atoms with Crippen molar-refractivity contribution in [2.45, 2.75) is 6.92 Å². The summed E-state index contributed by atoms with van der Waals surface area (Å²) in [5.41, 5.74) is -1.37. The van der Waals surface area contributed by atoms with Gasteiger partial charge in [-0.3, -0.25) is 9.59 Å². The van der Waals surface area contributed by atoms with E-state index in [1.807, 2.05) is 0 Å². The first-order valence-corrected chi connectivity index (χ1v) is 6.89. The highest BCUT2D eigenvalue weighted by Gasteiger charge is 2.39. The number of ether oxygens (including phenoxy) is 1. The Bertz CT molecular complexity index is 941. The SMILES string of the molecule is COC(=O)c1c(C)c2c(c(O)c1O)C(=O)c1cccc(O)c1C2=O. The van der Waals surface area contributed by atoms with Crippen LogP contribution >= 0.6 is 0 Å². The first-order chi connectivity index (χ1) is 11.3. The van der Waals surface area contributed by atoms with E-state index < -0.39 is 40.2 Å². The minimum atomic E-state index is -0.966. The van der Waals surface area contributed by atoms with Gasteiger partial charge in [0.05, 0.1) is 18.2 Å². The van der Waals surface area contributed by atoms with Crippen LogP contribution in [-0.4, -0.2) is 40.0 Å². The number of phenols is 3.